The minimum absolute atomic E-state index is 0.157. The van der Waals surface area contributed by atoms with Crippen LogP contribution in [-0.2, 0) is 6.54 Å². The third kappa shape index (κ3) is 2.74. The van der Waals surface area contributed by atoms with Crippen LogP contribution in [-0.4, -0.2) is 54.6 Å². The number of aromatic nitrogens is 4. The second-order valence-corrected chi connectivity index (χ2v) is 6.19. The first-order chi connectivity index (χ1) is 11.6. The summed E-state index contributed by atoms with van der Waals surface area (Å²) in [6.45, 7) is 1.08. The normalized spacial score (nSPS) is 20.6. The number of benzene rings is 1. The zero-order chi connectivity index (χ0) is 16.6. The van der Waals surface area contributed by atoms with E-state index in [4.69, 9.17) is 0 Å². The molecular formula is C17H17N5O2. The van der Waals surface area contributed by atoms with Crippen molar-refractivity contribution < 1.29 is 9.90 Å². The van der Waals surface area contributed by atoms with Gasteiger partial charge in [0.2, 0.25) is 0 Å². The zero-order valence-electron chi connectivity index (χ0n) is 13.0. The first-order valence-corrected chi connectivity index (χ1v) is 7.85. The molecular weight excluding hydrogens is 306 g/mol. The lowest BCUT2D eigenvalue weighted by Gasteiger charge is -2.23. The Morgan fingerprint density at radius 2 is 2.12 bits per heavy atom. The number of amides is 1. The molecule has 122 valence electrons. The molecule has 1 aliphatic heterocycles. The Morgan fingerprint density at radius 1 is 1.25 bits per heavy atom. The average Bonchev–Trinajstić information content (AvgIpc) is 3.24. The largest absolute Gasteiger partial charge is 0.386 e. The summed E-state index contributed by atoms with van der Waals surface area (Å²) in [6, 6.07) is 11.3. The number of carbonyl (C=O) groups is 1. The molecule has 1 fully saturated rings. The van der Waals surface area contributed by atoms with Gasteiger partial charge in [-0.1, -0.05) is 29.5 Å². The van der Waals surface area contributed by atoms with Crippen LogP contribution >= 0.6 is 0 Å². The van der Waals surface area contributed by atoms with Crippen LogP contribution < -0.4 is 0 Å². The standard InChI is InChI=1S/C17H17N5O2/c23-16(15-6-5-13-3-1-2-4-14(13)19-15)21-9-7-17(24,11-21)12-22-10-8-18-20-22/h1-6,8,10,24H,7,9,11-12H2. The molecule has 1 saturated heterocycles. The maximum absolute atomic E-state index is 12.7. The molecule has 7 nitrogen and oxygen atoms in total. The van der Waals surface area contributed by atoms with Crippen LogP contribution in [0.5, 0.6) is 0 Å². The lowest BCUT2D eigenvalue weighted by molar-refractivity contribution is 0.0266. The van der Waals surface area contributed by atoms with E-state index in [0.717, 1.165) is 10.9 Å². The first kappa shape index (κ1) is 14.8. The number of fused-ring (bicyclic) bond motifs is 1. The van der Waals surface area contributed by atoms with Crippen LogP contribution in [0.15, 0.2) is 48.8 Å². The van der Waals surface area contributed by atoms with Gasteiger partial charge in [0.15, 0.2) is 0 Å². The van der Waals surface area contributed by atoms with Crippen molar-refractivity contribution in [1.29, 1.82) is 0 Å². The monoisotopic (exact) mass is 323 g/mol. The van der Waals surface area contributed by atoms with E-state index < -0.39 is 5.60 Å². The Kier molecular flexibility index (Phi) is 3.50. The van der Waals surface area contributed by atoms with Gasteiger partial charge in [-0.2, -0.15) is 0 Å². The van der Waals surface area contributed by atoms with E-state index in [1.165, 1.54) is 0 Å². The van der Waals surface area contributed by atoms with Crippen LogP contribution in [0.1, 0.15) is 16.9 Å². The van der Waals surface area contributed by atoms with Crippen molar-refractivity contribution in [3.8, 4) is 0 Å². The number of pyridine rings is 1. The fourth-order valence-corrected chi connectivity index (χ4v) is 3.12. The Hall–Kier alpha value is -2.80. The Balaban J connectivity index is 1.52. The summed E-state index contributed by atoms with van der Waals surface area (Å²) < 4.78 is 1.59. The number of hydrogen-bond donors (Lipinski definition) is 1. The Bertz CT molecular complexity index is 880. The van der Waals surface area contributed by atoms with E-state index >= 15 is 0 Å². The molecule has 2 aromatic heterocycles. The topological polar surface area (TPSA) is 84.1 Å². The number of β-amino-alcohol motifs (C(OH)–C–C–N with tert-alkyl or cyclic N) is 1. The molecule has 1 atom stereocenters. The predicted molar refractivity (Wildman–Crippen MR) is 87.2 cm³/mol. The summed E-state index contributed by atoms with van der Waals surface area (Å²) in [5, 5.41) is 19.3. The molecule has 4 rings (SSSR count). The maximum atomic E-state index is 12.7. The van der Waals surface area contributed by atoms with Crippen molar-refractivity contribution in [3.05, 3.63) is 54.5 Å². The van der Waals surface area contributed by atoms with Crippen LogP contribution in [0.25, 0.3) is 10.9 Å². The van der Waals surface area contributed by atoms with Gasteiger partial charge in [-0.3, -0.25) is 4.79 Å². The molecule has 24 heavy (non-hydrogen) atoms. The van der Waals surface area contributed by atoms with Crippen molar-refractivity contribution in [3.63, 3.8) is 0 Å². The summed E-state index contributed by atoms with van der Waals surface area (Å²) in [5.74, 6) is -0.157. The molecule has 1 amide bonds. The van der Waals surface area contributed by atoms with Gasteiger partial charge in [0.1, 0.15) is 11.3 Å². The molecule has 1 unspecified atom stereocenters. The van der Waals surface area contributed by atoms with Gasteiger partial charge in [0, 0.05) is 18.1 Å². The van der Waals surface area contributed by atoms with Crippen LogP contribution in [0.2, 0.25) is 0 Å². The highest BCUT2D eigenvalue weighted by atomic mass is 16.3. The number of aliphatic hydroxyl groups is 1. The smallest absolute Gasteiger partial charge is 0.272 e. The highest BCUT2D eigenvalue weighted by Crippen LogP contribution is 2.24. The summed E-state index contributed by atoms with van der Waals surface area (Å²) in [4.78, 5) is 18.8. The third-order valence-electron chi connectivity index (χ3n) is 4.37. The molecule has 0 radical (unpaired) electrons. The molecule has 1 aliphatic rings. The van der Waals surface area contributed by atoms with Gasteiger partial charge in [-0.25, -0.2) is 9.67 Å². The van der Waals surface area contributed by atoms with Gasteiger partial charge < -0.3 is 10.0 Å². The Morgan fingerprint density at radius 3 is 2.96 bits per heavy atom. The number of rotatable bonds is 3. The molecule has 7 heteroatoms. The molecule has 0 aliphatic carbocycles. The molecule has 1 aromatic carbocycles. The molecule has 0 spiro atoms. The van der Waals surface area contributed by atoms with Gasteiger partial charge in [0.05, 0.1) is 24.8 Å². The van der Waals surface area contributed by atoms with Gasteiger partial charge in [-0.05, 0) is 18.6 Å². The summed E-state index contributed by atoms with van der Waals surface area (Å²) >= 11 is 0. The summed E-state index contributed by atoms with van der Waals surface area (Å²) in [5.41, 5.74) is 0.208. The van der Waals surface area contributed by atoms with Crippen molar-refractivity contribution in [2.75, 3.05) is 13.1 Å². The van der Waals surface area contributed by atoms with Crippen LogP contribution in [0.3, 0.4) is 0 Å². The quantitative estimate of drug-likeness (QED) is 0.780. The van der Waals surface area contributed by atoms with Crippen molar-refractivity contribution in [2.45, 2.75) is 18.6 Å². The molecule has 3 aromatic rings. The molecule has 3 heterocycles. The van der Waals surface area contributed by atoms with E-state index in [1.54, 1.807) is 28.0 Å². The van der Waals surface area contributed by atoms with Crippen molar-refractivity contribution in [1.82, 2.24) is 24.9 Å². The second kappa shape index (κ2) is 5.68. The zero-order valence-corrected chi connectivity index (χ0v) is 13.0. The molecule has 0 saturated carbocycles. The lowest BCUT2D eigenvalue weighted by atomic mass is 10.0. The first-order valence-electron chi connectivity index (χ1n) is 7.85. The predicted octanol–water partition coefficient (Wildman–Crippen LogP) is 1.10. The van der Waals surface area contributed by atoms with Gasteiger partial charge in [-0.15, -0.1) is 5.10 Å². The molecule has 1 N–H and O–H groups in total. The highest BCUT2D eigenvalue weighted by Gasteiger charge is 2.39. The van der Waals surface area contributed by atoms with E-state index in [0.29, 0.717) is 25.2 Å². The minimum Gasteiger partial charge on any atom is -0.386 e. The van der Waals surface area contributed by atoms with Gasteiger partial charge in [0.25, 0.3) is 5.91 Å². The molecule has 0 bridgehead atoms. The number of hydrogen-bond acceptors (Lipinski definition) is 5. The summed E-state index contributed by atoms with van der Waals surface area (Å²) in [6.07, 6.45) is 3.78. The SMILES string of the molecule is O=C(c1ccc2ccccc2n1)N1CCC(O)(Cn2ccnn2)C1. The van der Waals surface area contributed by atoms with Crippen molar-refractivity contribution in [2.24, 2.45) is 0 Å². The third-order valence-corrected chi connectivity index (χ3v) is 4.37. The van der Waals surface area contributed by atoms with E-state index in [1.807, 2.05) is 30.3 Å². The number of para-hydroxylation sites is 1. The van der Waals surface area contributed by atoms with E-state index in [2.05, 4.69) is 15.3 Å². The van der Waals surface area contributed by atoms with E-state index in [9.17, 15) is 9.90 Å². The fraction of sp³-hybridized carbons (Fsp3) is 0.294. The average molecular weight is 323 g/mol. The minimum atomic E-state index is -0.986. The second-order valence-electron chi connectivity index (χ2n) is 6.19. The lowest BCUT2D eigenvalue weighted by Crippen LogP contribution is -2.39. The van der Waals surface area contributed by atoms with Crippen molar-refractivity contribution >= 4 is 16.8 Å². The maximum Gasteiger partial charge on any atom is 0.272 e. The van der Waals surface area contributed by atoms with Crippen LogP contribution in [0, 0.1) is 0 Å². The number of likely N-dealkylation sites (tertiary alicyclic amines) is 1. The number of carbonyl (C=O) groups excluding carboxylic acids is 1. The van der Waals surface area contributed by atoms with Crippen LogP contribution in [0.4, 0.5) is 0 Å². The Labute approximate surface area is 138 Å². The van der Waals surface area contributed by atoms with Gasteiger partial charge >= 0.3 is 0 Å². The highest BCUT2D eigenvalue weighted by molar-refractivity contribution is 5.95. The summed E-state index contributed by atoms with van der Waals surface area (Å²) in [7, 11) is 0. The van der Waals surface area contributed by atoms with E-state index in [-0.39, 0.29) is 12.5 Å². The number of nitrogens with zero attached hydrogens (tertiary/aromatic N) is 5. The fourth-order valence-electron chi connectivity index (χ4n) is 3.12.